The number of methoxy groups -OCH3 is 1. The standard InChI is InChI=1S/C14H23N3O/c1-11-5-4-6-14(7-11,18-3)13(15-2)12-8-16-10-17-9-12/h8-11,13,15H,4-7H2,1-3H3. The van der Waals surface area contributed by atoms with E-state index in [2.05, 4.69) is 22.2 Å². The quantitative estimate of drug-likeness (QED) is 0.889. The van der Waals surface area contributed by atoms with E-state index in [1.54, 1.807) is 6.33 Å². The van der Waals surface area contributed by atoms with Gasteiger partial charge in [-0.2, -0.15) is 0 Å². The van der Waals surface area contributed by atoms with Crippen LogP contribution < -0.4 is 5.32 Å². The van der Waals surface area contributed by atoms with Crippen molar-refractivity contribution in [3.63, 3.8) is 0 Å². The van der Waals surface area contributed by atoms with E-state index >= 15 is 0 Å². The Morgan fingerprint density at radius 3 is 2.72 bits per heavy atom. The molecule has 0 spiro atoms. The van der Waals surface area contributed by atoms with E-state index in [0.29, 0.717) is 5.92 Å². The van der Waals surface area contributed by atoms with Crippen molar-refractivity contribution in [2.75, 3.05) is 14.2 Å². The van der Waals surface area contributed by atoms with Crippen LogP contribution >= 0.6 is 0 Å². The number of hydrogen-bond donors (Lipinski definition) is 1. The summed E-state index contributed by atoms with van der Waals surface area (Å²) in [7, 11) is 3.81. The molecule has 1 N–H and O–H groups in total. The van der Waals surface area contributed by atoms with Crippen LogP contribution in [-0.4, -0.2) is 29.7 Å². The van der Waals surface area contributed by atoms with Crippen molar-refractivity contribution in [3.05, 3.63) is 24.3 Å². The first-order valence-corrected chi connectivity index (χ1v) is 6.69. The lowest BCUT2D eigenvalue weighted by Crippen LogP contribution is -2.47. The molecular formula is C14H23N3O. The average Bonchev–Trinajstić information content (AvgIpc) is 2.41. The predicted octanol–water partition coefficient (Wildman–Crippen LogP) is 2.33. The lowest BCUT2D eigenvalue weighted by molar-refractivity contribution is -0.0791. The van der Waals surface area contributed by atoms with Crippen molar-refractivity contribution in [1.82, 2.24) is 15.3 Å². The molecule has 1 aliphatic carbocycles. The number of aromatic nitrogens is 2. The largest absolute Gasteiger partial charge is 0.376 e. The fraction of sp³-hybridized carbons (Fsp3) is 0.714. The lowest BCUT2D eigenvalue weighted by atomic mass is 9.73. The van der Waals surface area contributed by atoms with Gasteiger partial charge in [0.15, 0.2) is 0 Å². The molecule has 1 aromatic heterocycles. The molecule has 4 heteroatoms. The molecule has 3 atom stereocenters. The zero-order chi connectivity index (χ0) is 13.0. The Balaban J connectivity index is 2.29. The molecule has 0 bridgehead atoms. The van der Waals surface area contributed by atoms with Gasteiger partial charge in [0.05, 0.1) is 11.6 Å². The third kappa shape index (κ3) is 2.54. The summed E-state index contributed by atoms with van der Waals surface area (Å²) in [5.41, 5.74) is 0.980. The highest BCUT2D eigenvalue weighted by molar-refractivity contribution is 5.16. The van der Waals surface area contributed by atoms with E-state index in [0.717, 1.165) is 18.4 Å². The minimum absolute atomic E-state index is 0.128. The van der Waals surface area contributed by atoms with Gasteiger partial charge in [-0.25, -0.2) is 9.97 Å². The maximum absolute atomic E-state index is 5.94. The Labute approximate surface area is 109 Å². The molecular weight excluding hydrogens is 226 g/mol. The van der Waals surface area contributed by atoms with Crippen LogP contribution in [0.1, 0.15) is 44.2 Å². The Kier molecular flexibility index (Phi) is 4.30. The number of rotatable bonds is 4. The minimum atomic E-state index is -0.128. The Morgan fingerprint density at radius 2 is 2.17 bits per heavy atom. The van der Waals surface area contributed by atoms with Crippen LogP contribution in [0.25, 0.3) is 0 Å². The maximum atomic E-state index is 5.94. The van der Waals surface area contributed by atoms with Gasteiger partial charge in [0, 0.05) is 25.1 Å². The fourth-order valence-corrected chi connectivity index (χ4v) is 3.30. The van der Waals surface area contributed by atoms with Gasteiger partial charge in [-0.1, -0.05) is 19.8 Å². The van der Waals surface area contributed by atoms with E-state index in [1.807, 2.05) is 26.6 Å². The van der Waals surface area contributed by atoms with Gasteiger partial charge in [0.2, 0.25) is 0 Å². The van der Waals surface area contributed by atoms with Crippen LogP contribution in [0.4, 0.5) is 0 Å². The van der Waals surface area contributed by atoms with Crippen LogP contribution in [0.2, 0.25) is 0 Å². The van der Waals surface area contributed by atoms with Crippen molar-refractivity contribution in [1.29, 1.82) is 0 Å². The van der Waals surface area contributed by atoms with Gasteiger partial charge in [-0.3, -0.25) is 0 Å². The third-order valence-corrected chi connectivity index (χ3v) is 4.13. The van der Waals surface area contributed by atoms with Gasteiger partial charge >= 0.3 is 0 Å². The molecule has 1 heterocycles. The minimum Gasteiger partial charge on any atom is -0.376 e. The van der Waals surface area contributed by atoms with Gasteiger partial charge in [-0.15, -0.1) is 0 Å². The molecule has 1 aromatic rings. The molecule has 1 aliphatic rings. The van der Waals surface area contributed by atoms with Crippen LogP contribution in [0.15, 0.2) is 18.7 Å². The SMILES string of the molecule is CNC(c1cncnc1)C1(OC)CCCC(C)C1. The second kappa shape index (κ2) is 5.76. The lowest BCUT2D eigenvalue weighted by Gasteiger charge is -2.44. The van der Waals surface area contributed by atoms with E-state index in [9.17, 15) is 0 Å². The van der Waals surface area contributed by atoms with E-state index in [-0.39, 0.29) is 11.6 Å². The normalized spacial score (nSPS) is 30.1. The summed E-state index contributed by atoms with van der Waals surface area (Å²) in [6.07, 6.45) is 10.0. The number of hydrogen-bond acceptors (Lipinski definition) is 4. The predicted molar refractivity (Wildman–Crippen MR) is 71.2 cm³/mol. The highest BCUT2D eigenvalue weighted by Crippen LogP contribution is 2.42. The Hall–Kier alpha value is -1.00. The zero-order valence-electron chi connectivity index (χ0n) is 11.5. The van der Waals surface area contributed by atoms with Crippen molar-refractivity contribution in [2.45, 2.75) is 44.2 Å². The average molecular weight is 249 g/mol. The summed E-state index contributed by atoms with van der Waals surface area (Å²) in [6.45, 7) is 2.31. The monoisotopic (exact) mass is 249 g/mol. The van der Waals surface area contributed by atoms with Crippen molar-refractivity contribution >= 4 is 0 Å². The van der Waals surface area contributed by atoms with Crippen LogP contribution in [-0.2, 0) is 4.74 Å². The second-order valence-electron chi connectivity index (χ2n) is 5.36. The first kappa shape index (κ1) is 13.4. The smallest absolute Gasteiger partial charge is 0.115 e. The number of nitrogens with one attached hydrogen (secondary N) is 1. The molecule has 1 fully saturated rings. The highest BCUT2D eigenvalue weighted by atomic mass is 16.5. The fourth-order valence-electron chi connectivity index (χ4n) is 3.30. The number of nitrogens with zero attached hydrogens (tertiary/aromatic N) is 2. The third-order valence-electron chi connectivity index (χ3n) is 4.13. The molecule has 100 valence electrons. The summed E-state index contributed by atoms with van der Waals surface area (Å²) in [5.74, 6) is 0.708. The first-order valence-electron chi connectivity index (χ1n) is 6.69. The van der Waals surface area contributed by atoms with Gasteiger partial charge in [0.25, 0.3) is 0 Å². The topological polar surface area (TPSA) is 47.0 Å². The van der Waals surface area contributed by atoms with Crippen LogP contribution in [0, 0.1) is 5.92 Å². The molecule has 0 aliphatic heterocycles. The molecule has 0 radical (unpaired) electrons. The molecule has 0 saturated heterocycles. The zero-order valence-corrected chi connectivity index (χ0v) is 11.5. The number of likely N-dealkylation sites (N-methyl/N-ethyl adjacent to an activating group) is 1. The Bertz CT molecular complexity index is 371. The van der Waals surface area contributed by atoms with Crippen molar-refractivity contribution < 1.29 is 4.74 Å². The van der Waals surface area contributed by atoms with Gasteiger partial charge < -0.3 is 10.1 Å². The van der Waals surface area contributed by atoms with Crippen molar-refractivity contribution in [3.8, 4) is 0 Å². The summed E-state index contributed by atoms with van der Waals surface area (Å²) >= 11 is 0. The second-order valence-corrected chi connectivity index (χ2v) is 5.36. The van der Waals surface area contributed by atoms with Gasteiger partial charge in [0.1, 0.15) is 6.33 Å². The van der Waals surface area contributed by atoms with E-state index in [4.69, 9.17) is 4.74 Å². The summed E-state index contributed by atoms with van der Waals surface area (Å²) in [6, 6.07) is 0.159. The molecule has 1 saturated carbocycles. The van der Waals surface area contributed by atoms with Crippen molar-refractivity contribution in [2.24, 2.45) is 5.92 Å². The van der Waals surface area contributed by atoms with E-state index < -0.39 is 0 Å². The summed E-state index contributed by atoms with van der Waals surface area (Å²) in [5, 5.41) is 3.40. The molecule has 3 unspecified atom stereocenters. The van der Waals surface area contributed by atoms with Gasteiger partial charge in [-0.05, 0) is 25.8 Å². The molecule has 0 amide bonds. The maximum Gasteiger partial charge on any atom is 0.115 e. The number of ether oxygens (including phenoxy) is 1. The van der Waals surface area contributed by atoms with Crippen LogP contribution in [0.5, 0.6) is 0 Å². The summed E-state index contributed by atoms with van der Waals surface area (Å²) < 4.78 is 5.94. The Morgan fingerprint density at radius 1 is 1.44 bits per heavy atom. The van der Waals surface area contributed by atoms with E-state index in [1.165, 1.54) is 12.8 Å². The highest BCUT2D eigenvalue weighted by Gasteiger charge is 2.42. The molecule has 0 aromatic carbocycles. The molecule has 18 heavy (non-hydrogen) atoms. The molecule has 2 rings (SSSR count). The summed E-state index contributed by atoms with van der Waals surface area (Å²) in [4.78, 5) is 8.25. The van der Waals surface area contributed by atoms with Crippen LogP contribution in [0.3, 0.4) is 0 Å². The first-order chi connectivity index (χ1) is 8.72. The molecule has 4 nitrogen and oxygen atoms in total.